The van der Waals surface area contributed by atoms with Crippen molar-refractivity contribution in [1.82, 2.24) is 10.2 Å². The van der Waals surface area contributed by atoms with Crippen LogP contribution in [-0.4, -0.2) is 36.9 Å². The number of carbonyl (C=O) groups excluding carboxylic acids is 2. The fraction of sp³-hybridized carbons (Fsp3) is 0.400. The second-order valence-electron chi connectivity index (χ2n) is 7.03. The molecule has 1 unspecified atom stereocenters. The van der Waals surface area contributed by atoms with Gasteiger partial charge in [0.2, 0.25) is 5.91 Å². The number of nitrogens with zero attached hydrogens (tertiary/aromatic N) is 1. The molecule has 1 aromatic heterocycles. The lowest BCUT2D eigenvalue weighted by Gasteiger charge is -2.39. The molecule has 2 amide bonds. The van der Waals surface area contributed by atoms with Crippen LogP contribution in [0, 0.1) is 5.41 Å². The van der Waals surface area contributed by atoms with Gasteiger partial charge in [0, 0.05) is 19.6 Å². The number of furan rings is 1. The molecule has 2 aromatic rings. The van der Waals surface area contributed by atoms with Crippen LogP contribution in [0.1, 0.15) is 35.9 Å². The van der Waals surface area contributed by atoms with Gasteiger partial charge in [0.05, 0.1) is 12.5 Å². The van der Waals surface area contributed by atoms with Crippen LogP contribution >= 0.6 is 15.9 Å². The first kappa shape index (κ1) is 19.5. The quantitative estimate of drug-likeness (QED) is 0.779. The van der Waals surface area contributed by atoms with E-state index in [1.54, 1.807) is 24.1 Å². The van der Waals surface area contributed by atoms with Gasteiger partial charge in [-0.25, -0.2) is 0 Å². The number of carbonyl (C=O) groups is 2. The van der Waals surface area contributed by atoms with E-state index in [0.717, 1.165) is 24.2 Å². The Morgan fingerprint density at radius 2 is 2.00 bits per heavy atom. The number of nitrogens with one attached hydrogen (secondary N) is 1. The number of likely N-dealkylation sites (tertiary alicyclic amines) is 1. The lowest BCUT2D eigenvalue weighted by molar-refractivity contribution is -0.132. The van der Waals surface area contributed by atoms with Crippen LogP contribution in [0.3, 0.4) is 0 Å². The molecule has 0 saturated carbocycles. The summed E-state index contributed by atoms with van der Waals surface area (Å²) >= 11 is 3.21. The largest absolute Gasteiger partial charge is 0.497 e. The maximum absolute atomic E-state index is 12.8. The molecule has 1 atom stereocenters. The van der Waals surface area contributed by atoms with Crippen LogP contribution in [0.4, 0.5) is 0 Å². The monoisotopic (exact) mass is 434 g/mol. The van der Waals surface area contributed by atoms with Crippen molar-refractivity contribution in [3.05, 3.63) is 52.4 Å². The van der Waals surface area contributed by atoms with Crippen LogP contribution in [-0.2, 0) is 11.3 Å². The summed E-state index contributed by atoms with van der Waals surface area (Å²) in [5.74, 6) is 0.832. The number of halogens is 1. The third-order valence-electron chi connectivity index (χ3n) is 4.93. The molecule has 0 spiro atoms. The Morgan fingerprint density at radius 3 is 2.63 bits per heavy atom. The minimum absolute atomic E-state index is 0.0450. The number of piperidine rings is 1. The van der Waals surface area contributed by atoms with Gasteiger partial charge in [-0.3, -0.25) is 9.59 Å². The van der Waals surface area contributed by atoms with Gasteiger partial charge >= 0.3 is 0 Å². The number of rotatable bonds is 5. The van der Waals surface area contributed by atoms with Crippen molar-refractivity contribution < 1.29 is 18.7 Å². The van der Waals surface area contributed by atoms with E-state index in [2.05, 4.69) is 21.2 Å². The molecule has 1 aliphatic heterocycles. The average Bonchev–Trinajstić information content (AvgIpc) is 3.12. The number of ether oxygens (including phenoxy) is 1. The second-order valence-corrected chi connectivity index (χ2v) is 7.81. The van der Waals surface area contributed by atoms with Gasteiger partial charge in [-0.05, 0) is 65.5 Å². The Balaban J connectivity index is 1.61. The van der Waals surface area contributed by atoms with Gasteiger partial charge in [-0.1, -0.05) is 12.1 Å². The number of amides is 2. The summed E-state index contributed by atoms with van der Waals surface area (Å²) in [7, 11) is 1.62. The van der Waals surface area contributed by atoms with Crippen molar-refractivity contribution in [3.63, 3.8) is 0 Å². The van der Waals surface area contributed by atoms with Gasteiger partial charge in [0.25, 0.3) is 5.91 Å². The standard InChI is InChI=1S/C20H23BrN2O4/c1-20(19(25)22-12-14-4-6-15(26-2)7-5-14)10-3-11-23(13-20)18(24)16-8-9-17(21)27-16/h4-9H,3,10-13H2,1-2H3,(H,22,25). The van der Waals surface area contributed by atoms with E-state index in [9.17, 15) is 9.59 Å². The molecular formula is C20H23BrN2O4. The van der Waals surface area contributed by atoms with E-state index in [1.165, 1.54) is 0 Å². The molecule has 1 fully saturated rings. The molecule has 27 heavy (non-hydrogen) atoms. The van der Waals surface area contributed by atoms with E-state index in [-0.39, 0.29) is 17.6 Å². The van der Waals surface area contributed by atoms with E-state index in [0.29, 0.717) is 24.3 Å². The van der Waals surface area contributed by atoms with Crippen LogP contribution in [0.15, 0.2) is 45.5 Å². The third kappa shape index (κ3) is 4.53. The molecule has 1 N–H and O–H groups in total. The summed E-state index contributed by atoms with van der Waals surface area (Å²) in [5.41, 5.74) is 0.376. The lowest BCUT2D eigenvalue weighted by Crippen LogP contribution is -2.51. The number of methoxy groups -OCH3 is 1. The molecule has 0 radical (unpaired) electrons. The Labute approximate surface area is 167 Å². The third-order valence-corrected chi connectivity index (χ3v) is 5.35. The molecular weight excluding hydrogens is 412 g/mol. The van der Waals surface area contributed by atoms with Gasteiger partial charge in [-0.2, -0.15) is 0 Å². The fourth-order valence-electron chi connectivity index (χ4n) is 3.32. The predicted octanol–water partition coefficient (Wildman–Crippen LogP) is 3.61. The number of benzene rings is 1. The SMILES string of the molecule is COc1ccc(CNC(=O)C2(C)CCCN(C(=O)c3ccc(Br)o3)C2)cc1. The molecule has 2 heterocycles. The molecule has 0 bridgehead atoms. The van der Waals surface area contributed by atoms with Crippen molar-refractivity contribution >= 4 is 27.7 Å². The first-order valence-electron chi connectivity index (χ1n) is 8.87. The topological polar surface area (TPSA) is 71.8 Å². The minimum Gasteiger partial charge on any atom is -0.497 e. The van der Waals surface area contributed by atoms with Gasteiger partial charge in [0.15, 0.2) is 10.4 Å². The maximum Gasteiger partial charge on any atom is 0.289 e. The van der Waals surface area contributed by atoms with E-state index in [1.807, 2.05) is 31.2 Å². The van der Waals surface area contributed by atoms with Crippen molar-refractivity contribution in [2.45, 2.75) is 26.3 Å². The van der Waals surface area contributed by atoms with Crippen LogP contribution in [0.5, 0.6) is 5.75 Å². The van der Waals surface area contributed by atoms with Crippen molar-refractivity contribution in [2.75, 3.05) is 20.2 Å². The van der Waals surface area contributed by atoms with Gasteiger partial charge in [-0.15, -0.1) is 0 Å². The highest BCUT2D eigenvalue weighted by molar-refractivity contribution is 9.10. The Bertz CT molecular complexity index is 818. The Hall–Kier alpha value is -2.28. The first-order valence-corrected chi connectivity index (χ1v) is 9.66. The van der Waals surface area contributed by atoms with Crippen LogP contribution in [0.2, 0.25) is 0 Å². The highest BCUT2D eigenvalue weighted by Gasteiger charge is 2.39. The van der Waals surface area contributed by atoms with Crippen LogP contribution < -0.4 is 10.1 Å². The minimum atomic E-state index is -0.621. The zero-order valence-electron chi connectivity index (χ0n) is 15.5. The fourth-order valence-corrected chi connectivity index (χ4v) is 3.63. The van der Waals surface area contributed by atoms with Gasteiger partial charge in [0.1, 0.15) is 5.75 Å². The zero-order valence-corrected chi connectivity index (χ0v) is 17.0. The van der Waals surface area contributed by atoms with E-state index in [4.69, 9.17) is 9.15 Å². The molecule has 7 heteroatoms. The second kappa shape index (κ2) is 8.17. The summed E-state index contributed by atoms with van der Waals surface area (Å²) in [4.78, 5) is 27.1. The molecule has 1 aliphatic rings. The smallest absolute Gasteiger partial charge is 0.289 e. The number of hydrogen-bond donors (Lipinski definition) is 1. The van der Waals surface area contributed by atoms with E-state index >= 15 is 0 Å². The average molecular weight is 435 g/mol. The zero-order chi connectivity index (χ0) is 19.4. The molecule has 144 valence electrons. The Morgan fingerprint density at radius 1 is 1.26 bits per heavy atom. The lowest BCUT2D eigenvalue weighted by atomic mass is 9.80. The normalized spacial score (nSPS) is 19.6. The summed E-state index contributed by atoms with van der Waals surface area (Å²) < 4.78 is 11.0. The maximum atomic E-state index is 12.8. The molecule has 0 aliphatic carbocycles. The predicted molar refractivity (Wildman–Crippen MR) is 104 cm³/mol. The summed E-state index contributed by atoms with van der Waals surface area (Å²) in [6.07, 6.45) is 1.52. The van der Waals surface area contributed by atoms with Crippen LogP contribution in [0.25, 0.3) is 0 Å². The first-order chi connectivity index (χ1) is 12.9. The Kier molecular flexibility index (Phi) is 5.89. The molecule has 1 saturated heterocycles. The number of hydrogen-bond acceptors (Lipinski definition) is 4. The van der Waals surface area contributed by atoms with Crippen molar-refractivity contribution in [1.29, 1.82) is 0 Å². The molecule has 3 rings (SSSR count). The highest BCUT2D eigenvalue weighted by atomic mass is 79.9. The summed E-state index contributed by atoms with van der Waals surface area (Å²) in [6.45, 7) is 3.35. The van der Waals surface area contributed by atoms with E-state index < -0.39 is 5.41 Å². The van der Waals surface area contributed by atoms with Crippen molar-refractivity contribution in [3.8, 4) is 5.75 Å². The summed E-state index contributed by atoms with van der Waals surface area (Å²) in [5, 5.41) is 3.00. The summed E-state index contributed by atoms with van der Waals surface area (Å²) in [6, 6.07) is 10.9. The molecule has 6 nitrogen and oxygen atoms in total. The highest BCUT2D eigenvalue weighted by Crippen LogP contribution is 2.31. The van der Waals surface area contributed by atoms with Gasteiger partial charge < -0.3 is 19.4 Å². The van der Waals surface area contributed by atoms with Crippen molar-refractivity contribution in [2.24, 2.45) is 5.41 Å². The molecule has 1 aromatic carbocycles.